The zero-order valence-corrected chi connectivity index (χ0v) is 13.6. The maximum Gasteiger partial charge on any atom is 0.253 e. The first-order valence-corrected chi connectivity index (χ1v) is 8.11. The van der Waals surface area contributed by atoms with Crippen molar-refractivity contribution in [1.29, 1.82) is 0 Å². The van der Waals surface area contributed by atoms with Gasteiger partial charge in [0.15, 0.2) is 0 Å². The van der Waals surface area contributed by atoms with Crippen molar-refractivity contribution in [2.24, 2.45) is 5.41 Å². The predicted molar refractivity (Wildman–Crippen MR) is 86.3 cm³/mol. The number of benzene rings is 1. The summed E-state index contributed by atoms with van der Waals surface area (Å²) in [6.07, 6.45) is 2.44. The fourth-order valence-electron chi connectivity index (χ4n) is 3.54. The van der Waals surface area contributed by atoms with Crippen LogP contribution in [0.1, 0.15) is 18.4 Å². The Labute approximate surface area is 143 Å². The Morgan fingerprint density at radius 3 is 2.92 bits per heavy atom. The maximum absolute atomic E-state index is 12.8. The number of likely N-dealkylation sites (tertiary alicyclic amines) is 1. The van der Waals surface area contributed by atoms with Crippen LogP contribution in [-0.4, -0.2) is 42.3 Å². The molecule has 0 bridgehead atoms. The summed E-state index contributed by atoms with van der Waals surface area (Å²) >= 11 is 5.99. The van der Waals surface area contributed by atoms with Crippen molar-refractivity contribution < 1.29 is 19.1 Å². The van der Waals surface area contributed by atoms with Gasteiger partial charge in [0.05, 0.1) is 11.0 Å². The van der Waals surface area contributed by atoms with Crippen molar-refractivity contribution in [3.8, 4) is 5.75 Å². The van der Waals surface area contributed by atoms with E-state index in [0.29, 0.717) is 29.3 Å². The lowest BCUT2D eigenvalue weighted by Gasteiger charge is -2.23. The summed E-state index contributed by atoms with van der Waals surface area (Å²) in [6, 6.07) is 5.26. The van der Waals surface area contributed by atoms with Crippen LogP contribution in [-0.2, 0) is 14.4 Å². The third-order valence-corrected chi connectivity index (χ3v) is 5.07. The van der Waals surface area contributed by atoms with Crippen molar-refractivity contribution in [3.63, 3.8) is 0 Å². The number of halogens is 1. The first-order chi connectivity index (χ1) is 11.5. The summed E-state index contributed by atoms with van der Waals surface area (Å²) in [5, 5.41) is 2.91. The quantitative estimate of drug-likeness (QED) is 0.779. The van der Waals surface area contributed by atoms with Gasteiger partial charge >= 0.3 is 0 Å². The number of carbonyl (C=O) groups excluding carboxylic acids is 3. The summed E-state index contributed by atoms with van der Waals surface area (Å²) in [7, 11) is 0. The van der Waals surface area contributed by atoms with E-state index >= 15 is 0 Å². The molecule has 2 saturated heterocycles. The highest BCUT2D eigenvalue weighted by Gasteiger charge is 2.52. The molecular weight excluding hydrogens is 332 g/mol. The van der Waals surface area contributed by atoms with E-state index < -0.39 is 5.41 Å². The fraction of sp³-hybridized carbons (Fsp3) is 0.353. The average molecular weight is 347 g/mol. The number of hydrogen-bond donors (Lipinski definition) is 1. The van der Waals surface area contributed by atoms with Crippen LogP contribution >= 0.6 is 11.6 Å². The highest BCUT2D eigenvalue weighted by atomic mass is 35.5. The van der Waals surface area contributed by atoms with Crippen LogP contribution in [0.5, 0.6) is 5.75 Å². The Bertz CT molecular complexity index is 804. The smallest absolute Gasteiger partial charge is 0.253 e. The zero-order valence-electron chi connectivity index (χ0n) is 12.8. The molecule has 0 unspecified atom stereocenters. The van der Waals surface area contributed by atoms with Gasteiger partial charge in [-0.15, -0.1) is 0 Å². The molecule has 0 saturated carbocycles. The van der Waals surface area contributed by atoms with Gasteiger partial charge in [-0.1, -0.05) is 11.6 Å². The van der Waals surface area contributed by atoms with E-state index in [9.17, 15) is 14.4 Å². The number of imide groups is 1. The largest absolute Gasteiger partial charge is 0.488 e. The molecule has 0 radical (unpaired) electrons. The zero-order chi connectivity index (χ0) is 16.9. The number of hydrogen-bond acceptors (Lipinski definition) is 4. The van der Waals surface area contributed by atoms with Crippen LogP contribution in [0.2, 0.25) is 5.02 Å². The minimum atomic E-state index is -0.760. The van der Waals surface area contributed by atoms with E-state index in [2.05, 4.69) is 5.32 Å². The third kappa shape index (κ3) is 2.38. The second kappa shape index (κ2) is 5.34. The Hall–Kier alpha value is -2.34. The molecule has 6 nitrogen and oxygen atoms in total. The lowest BCUT2D eigenvalue weighted by atomic mass is 9.85. The lowest BCUT2D eigenvalue weighted by Crippen LogP contribution is -2.38. The normalized spacial score (nSPS) is 25.4. The van der Waals surface area contributed by atoms with Gasteiger partial charge in [-0.3, -0.25) is 19.7 Å². The van der Waals surface area contributed by atoms with E-state index in [1.165, 1.54) is 0 Å². The minimum Gasteiger partial charge on any atom is -0.488 e. The summed E-state index contributed by atoms with van der Waals surface area (Å²) < 4.78 is 5.62. The number of nitrogens with zero attached hydrogens (tertiary/aromatic N) is 1. The fourth-order valence-corrected chi connectivity index (χ4v) is 3.72. The van der Waals surface area contributed by atoms with Crippen LogP contribution in [0.3, 0.4) is 0 Å². The molecule has 2 fully saturated rings. The monoisotopic (exact) mass is 346 g/mol. The van der Waals surface area contributed by atoms with Gasteiger partial charge in [-0.25, -0.2) is 0 Å². The topological polar surface area (TPSA) is 75.7 Å². The third-order valence-electron chi connectivity index (χ3n) is 4.83. The van der Waals surface area contributed by atoms with Crippen molar-refractivity contribution in [2.45, 2.75) is 12.8 Å². The molecular formula is C17H15ClN2O4. The van der Waals surface area contributed by atoms with E-state index in [4.69, 9.17) is 16.3 Å². The molecule has 7 heteroatoms. The summed E-state index contributed by atoms with van der Waals surface area (Å²) in [6.45, 7) is 0.907. The first kappa shape index (κ1) is 15.2. The molecule has 1 aromatic carbocycles. The summed E-state index contributed by atoms with van der Waals surface area (Å²) in [4.78, 5) is 37.9. The Morgan fingerprint density at radius 2 is 2.17 bits per heavy atom. The van der Waals surface area contributed by atoms with E-state index in [1.807, 2.05) is 0 Å². The molecule has 1 atom stereocenters. The molecule has 3 amide bonds. The molecule has 3 aliphatic rings. The SMILES string of the molecule is O=C1C[C@@]2(CCN(C(=O)C3=Cc4cc(Cl)ccc4OC3)C2)C(=O)N1. The van der Waals surface area contributed by atoms with Crippen LogP contribution in [0.25, 0.3) is 6.08 Å². The molecule has 1 aromatic rings. The Kier molecular flexibility index (Phi) is 3.38. The highest BCUT2D eigenvalue weighted by Crippen LogP contribution is 2.38. The molecule has 124 valence electrons. The van der Waals surface area contributed by atoms with Crippen LogP contribution in [0, 0.1) is 5.41 Å². The maximum atomic E-state index is 12.8. The van der Waals surface area contributed by atoms with E-state index in [0.717, 1.165) is 5.56 Å². The molecule has 24 heavy (non-hydrogen) atoms. The van der Waals surface area contributed by atoms with Gasteiger partial charge in [0.2, 0.25) is 11.8 Å². The van der Waals surface area contributed by atoms with E-state index in [1.54, 1.807) is 29.2 Å². The molecule has 3 heterocycles. The second-order valence-corrected chi connectivity index (χ2v) is 6.89. The summed E-state index contributed by atoms with van der Waals surface area (Å²) in [5.74, 6) is -0.00820. The predicted octanol–water partition coefficient (Wildman–Crippen LogP) is 1.38. The standard InChI is InChI=1S/C17H15ClN2O4/c18-12-1-2-13-10(6-12)5-11(8-24-13)15(22)20-4-3-17(9-20)7-14(21)19-16(17)23/h1-2,5-6H,3-4,7-9H2,(H,19,21,23)/t17-/m1/s1. The van der Waals surface area contributed by atoms with Gasteiger partial charge in [-0.2, -0.15) is 0 Å². The molecule has 4 rings (SSSR count). The van der Waals surface area contributed by atoms with Crippen LogP contribution < -0.4 is 10.1 Å². The Morgan fingerprint density at radius 1 is 1.33 bits per heavy atom. The molecule has 0 aliphatic carbocycles. The van der Waals surface area contributed by atoms with E-state index in [-0.39, 0.29) is 37.3 Å². The number of rotatable bonds is 1. The van der Waals surface area contributed by atoms with Gasteiger partial charge in [-0.05, 0) is 30.7 Å². The number of ether oxygens (including phenoxy) is 1. The van der Waals surface area contributed by atoms with Crippen molar-refractivity contribution >= 4 is 35.4 Å². The van der Waals surface area contributed by atoms with Gasteiger partial charge in [0.25, 0.3) is 5.91 Å². The van der Waals surface area contributed by atoms with Crippen LogP contribution in [0.15, 0.2) is 23.8 Å². The Balaban J connectivity index is 1.55. The van der Waals surface area contributed by atoms with Crippen molar-refractivity contribution in [2.75, 3.05) is 19.7 Å². The highest BCUT2D eigenvalue weighted by molar-refractivity contribution is 6.30. The van der Waals surface area contributed by atoms with Crippen molar-refractivity contribution in [3.05, 3.63) is 34.4 Å². The van der Waals surface area contributed by atoms with Crippen molar-refractivity contribution in [1.82, 2.24) is 10.2 Å². The van der Waals surface area contributed by atoms with Gasteiger partial charge in [0, 0.05) is 30.1 Å². The number of fused-ring (bicyclic) bond motifs is 1. The average Bonchev–Trinajstić information content (AvgIpc) is 3.10. The minimum absolute atomic E-state index is 0.156. The van der Waals surface area contributed by atoms with Gasteiger partial charge < -0.3 is 9.64 Å². The second-order valence-electron chi connectivity index (χ2n) is 6.45. The number of nitrogens with one attached hydrogen (secondary N) is 1. The molecule has 1 spiro atoms. The number of amides is 3. The molecule has 3 aliphatic heterocycles. The molecule has 0 aromatic heterocycles. The number of carbonyl (C=O) groups is 3. The lowest BCUT2D eigenvalue weighted by molar-refractivity contribution is -0.129. The molecule has 1 N–H and O–H groups in total. The first-order valence-electron chi connectivity index (χ1n) is 7.73. The summed E-state index contributed by atoms with van der Waals surface area (Å²) in [5.41, 5.74) is 0.524. The van der Waals surface area contributed by atoms with Crippen LogP contribution in [0.4, 0.5) is 0 Å². The van der Waals surface area contributed by atoms with Gasteiger partial charge in [0.1, 0.15) is 12.4 Å².